The third-order valence-electron chi connectivity index (χ3n) is 4.03. The summed E-state index contributed by atoms with van der Waals surface area (Å²) in [6.07, 6.45) is 1.75. The van der Waals surface area contributed by atoms with E-state index in [1.807, 2.05) is 18.2 Å². The van der Waals surface area contributed by atoms with Gasteiger partial charge in [-0.1, -0.05) is 65.2 Å². The van der Waals surface area contributed by atoms with E-state index in [2.05, 4.69) is 39.6 Å². The summed E-state index contributed by atoms with van der Waals surface area (Å²) in [5.74, 6) is 0.461. The largest absolute Gasteiger partial charge is 0.299 e. The minimum Gasteiger partial charge on any atom is -0.299 e. The first-order valence-corrected chi connectivity index (χ1v) is 9.27. The predicted molar refractivity (Wildman–Crippen MR) is 108 cm³/mol. The molecule has 4 rings (SSSR count). The molecular formula is C18H14Cl2N6S. The monoisotopic (exact) mass is 416 g/mol. The maximum Gasteiger partial charge on any atom is 0.209 e. The highest BCUT2D eigenvalue weighted by atomic mass is 35.5. The minimum atomic E-state index is 0.453. The Hall–Kier alpha value is -2.48. The van der Waals surface area contributed by atoms with Crippen molar-refractivity contribution < 1.29 is 0 Å². The highest BCUT2D eigenvalue weighted by Crippen LogP contribution is 2.26. The van der Waals surface area contributed by atoms with Gasteiger partial charge in [0.15, 0.2) is 0 Å². The summed E-state index contributed by atoms with van der Waals surface area (Å²) in [6.45, 7) is 2.59. The summed E-state index contributed by atoms with van der Waals surface area (Å²) in [6, 6.07) is 13.5. The number of benzene rings is 2. The fourth-order valence-electron chi connectivity index (χ4n) is 2.74. The molecule has 9 heteroatoms. The first kappa shape index (κ1) is 17.9. The minimum absolute atomic E-state index is 0.453. The first-order valence-electron chi connectivity index (χ1n) is 8.11. The van der Waals surface area contributed by atoms with Crippen LogP contribution in [0.25, 0.3) is 17.1 Å². The normalized spacial score (nSPS) is 11.1. The Bertz CT molecular complexity index is 1180. The van der Waals surface area contributed by atoms with Crippen LogP contribution in [-0.4, -0.2) is 30.0 Å². The Morgan fingerprint density at radius 1 is 1.11 bits per heavy atom. The smallest absolute Gasteiger partial charge is 0.209 e. The predicted octanol–water partition coefficient (Wildman–Crippen LogP) is 4.85. The lowest BCUT2D eigenvalue weighted by molar-refractivity contribution is 0.572. The van der Waals surface area contributed by atoms with Gasteiger partial charge in [0.2, 0.25) is 5.82 Å². The lowest BCUT2D eigenvalue weighted by Gasteiger charge is -2.04. The second-order valence-electron chi connectivity index (χ2n) is 6.06. The topological polar surface area (TPSA) is 64.3 Å². The van der Waals surface area contributed by atoms with Gasteiger partial charge in [-0.3, -0.25) is 5.10 Å². The van der Waals surface area contributed by atoms with Gasteiger partial charge in [-0.15, -0.1) is 10.2 Å². The summed E-state index contributed by atoms with van der Waals surface area (Å²) in [7, 11) is 0. The zero-order chi connectivity index (χ0) is 19.0. The van der Waals surface area contributed by atoms with Gasteiger partial charge in [-0.2, -0.15) is 4.80 Å². The molecule has 0 radical (unpaired) electrons. The van der Waals surface area contributed by atoms with Gasteiger partial charge in [0.25, 0.3) is 0 Å². The molecule has 0 fully saturated rings. The van der Waals surface area contributed by atoms with E-state index in [0.717, 1.165) is 11.3 Å². The molecule has 0 aliphatic rings. The molecule has 2 heterocycles. The molecule has 2 aromatic heterocycles. The molecular weight excluding hydrogens is 403 g/mol. The van der Waals surface area contributed by atoms with Crippen LogP contribution in [0, 0.1) is 11.6 Å². The van der Waals surface area contributed by atoms with Crippen molar-refractivity contribution in [2.75, 3.05) is 0 Å². The molecule has 0 spiro atoms. The standard InChI is InChI=1S/C18H14Cl2N6S/c1-11-3-2-4-12(7-11)10-25-23-17(22-24-25)14-9-21-26(18(14)27)13-5-6-15(19)16(20)8-13/h2-9,21H,10H2,1H3. The second kappa shape index (κ2) is 7.26. The van der Waals surface area contributed by atoms with E-state index >= 15 is 0 Å². The third-order valence-corrected chi connectivity index (χ3v) is 5.17. The van der Waals surface area contributed by atoms with Crippen LogP contribution in [0.4, 0.5) is 0 Å². The highest BCUT2D eigenvalue weighted by molar-refractivity contribution is 7.71. The maximum atomic E-state index is 6.10. The van der Waals surface area contributed by atoms with Crippen molar-refractivity contribution in [3.8, 4) is 17.1 Å². The number of nitrogens with one attached hydrogen (secondary N) is 1. The molecule has 0 atom stereocenters. The zero-order valence-corrected chi connectivity index (χ0v) is 16.6. The fraction of sp³-hybridized carbons (Fsp3) is 0.111. The van der Waals surface area contributed by atoms with Crippen LogP contribution >= 0.6 is 35.4 Å². The van der Waals surface area contributed by atoms with Crippen molar-refractivity contribution in [2.45, 2.75) is 13.5 Å². The summed E-state index contributed by atoms with van der Waals surface area (Å²) in [5.41, 5.74) is 3.76. The van der Waals surface area contributed by atoms with Gasteiger partial charge in [0.05, 0.1) is 27.8 Å². The van der Waals surface area contributed by atoms with Crippen LogP contribution in [0.1, 0.15) is 11.1 Å². The van der Waals surface area contributed by atoms with E-state index in [1.54, 1.807) is 27.8 Å². The van der Waals surface area contributed by atoms with Crippen LogP contribution < -0.4 is 0 Å². The lowest BCUT2D eigenvalue weighted by atomic mass is 10.1. The van der Waals surface area contributed by atoms with Crippen molar-refractivity contribution in [2.24, 2.45) is 0 Å². The van der Waals surface area contributed by atoms with Gasteiger partial charge < -0.3 is 0 Å². The molecule has 0 amide bonds. The number of halogens is 2. The Balaban J connectivity index is 1.63. The number of hydrogen-bond acceptors (Lipinski definition) is 4. The number of rotatable bonds is 4. The van der Waals surface area contributed by atoms with Gasteiger partial charge in [-0.05, 0) is 35.9 Å². The van der Waals surface area contributed by atoms with E-state index in [1.165, 1.54) is 5.56 Å². The SMILES string of the molecule is Cc1cccc(Cn2nnc(-c3c[nH]n(-c4ccc(Cl)c(Cl)c4)c3=S)n2)c1. The molecule has 6 nitrogen and oxygen atoms in total. The fourth-order valence-corrected chi connectivity index (χ4v) is 3.34. The molecule has 0 saturated carbocycles. The van der Waals surface area contributed by atoms with Crippen LogP contribution in [0.15, 0.2) is 48.7 Å². The van der Waals surface area contributed by atoms with Crippen molar-refractivity contribution in [1.29, 1.82) is 0 Å². The van der Waals surface area contributed by atoms with E-state index in [4.69, 9.17) is 35.4 Å². The van der Waals surface area contributed by atoms with Crippen LogP contribution in [0.5, 0.6) is 0 Å². The number of aromatic amines is 1. The summed E-state index contributed by atoms with van der Waals surface area (Å²) in [5, 5.41) is 16.8. The second-order valence-corrected chi connectivity index (χ2v) is 7.26. The van der Waals surface area contributed by atoms with E-state index < -0.39 is 0 Å². The summed E-state index contributed by atoms with van der Waals surface area (Å²) >= 11 is 17.6. The first-order chi connectivity index (χ1) is 13.0. The number of hydrogen-bond donors (Lipinski definition) is 1. The molecule has 0 bridgehead atoms. The molecule has 0 unspecified atom stereocenters. The summed E-state index contributed by atoms with van der Waals surface area (Å²) in [4.78, 5) is 1.55. The number of aryl methyl sites for hydroxylation is 1. The van der Waals surface area contributed by atoms with E-state index in [9.17, 15) is 0 Å². The van der Waals surface area contributed by atoms with Crippen molar-refractivity contribution >= 4 is 35.4 Å². The lowest BCUT2D eigenvalue weighted by Crippen LogP contribution is -2.04. The van der Waals surface area contributed by atoms with Gasteiger partial charge in [0.1, 0.15) is 4.64 Å². The molecule has 0 aliphatic carbocycles. The molecule has 0 aliphatic heterocycles. The maximum absolute atomic E-state index is 6.10. The number of tetrazole rings is 1. The molecule has 136 valence electrons. The Morgan fingerprint density at radius 3 is 2.74 bits per heavy atom. The summed E-state index contributed by atoms with van der Waals surface area (Å²) < 4.78 is 2.25. The Kier molecular flexibility index (Phi) is 4.82. The van der Waals surface area contributed by atoms with Crippen molar-refractivity contribution in [1.82, 2.24) is 30.0 Å². The number of nitrogens with zero attached hydrogens (tertiary/aromatic N) is 5. The molecule has 4 aromatic rings. The number of aromatic nitrogens is 6. The molecule has 27 heavy (non-hydrogen) atoms. The number of H-pyrrole nitrogens is 1. The van der Waals surface area contributed by atoms with Gasteiger partial charge in [0, 0.05) is 6.20 Å². The average molecular weight is 417 g/mol. The van der Waals surface area contributed by atoms with Crippen molar-refractivity contribution in [3.63, 3.8) is 0 Å². The molecule has 2 aromatic carbocycles. The highest BCUT2D eigenvalue weighted by Gasteiger charge is 2.13. The third kappa shape index (κ3) is 3.66. The van der Waals surface area contributed by atoms with E-state index in [0.29, 0.717) is 32.6 Å². The Morgan fingerprint density at radius 2 is 1.96 bits per heavy atom. The van der Waals surface area contributed by atoms with Gasteiger partial charge >= 0.3 is 0 Å². The average Bonchev–Trinajstić information content (AvgIpc) is 3.24. The molecule has 1 N–H and O–H groups in total. The van der Waals surface area contributed by atoms with Crippen LogP contribution in [0.3, 0.4) is 0 Å². The Labute approximate surface area is 170 Å². The zero-order valence-electron chi connectivity index (χ0n) is 14.2. The van der Waals surface area contributed by atoms with Crippen LogP contribution in [-0.2, 0) is 6.54 Å². The van der Waals surface area contributed by atoms with Crippen LogP contribution in [0.2, 0.25) is 10.0 Å². The van der Waals surface area contributed by atoms with Gasteiger partial charge in [-0.25, -0.2) is 4.68 Å². The van der Waals surface area contributed by atoms with E-state index in [-0.39, 0.29) is 0 Å². The van der Waals surface area contributed by atoms with Crippen molar-refractivity contribution in [3.05, 3.63) is 74.5 Å². The molecule has 0 saturated heterocycles. The quantitative estimate of drug-likeness (QED) is 0.482.